The average molecular weight is 267 g/mol. The number of aromatic nitrogens is 4. The SMILES string of the molecule is O=c1[nH]nc2ccc(NC3C=CS(=O)(=O)C3)nn12. The molecule has 0 fully saturated rings. The molecule has 3 rings (SSSR count). The lowest BCUT2D eigenvalue weighted by Gasteiger charge is -2.09. The highest BCUT2D eigenvalue weighted by atomic mass is 32.2. The van der Waals surface area contributed by atoms with Crippen LogP contribution in [0.2, 0.25) is 0 Å². The predicted molar refractivity (Wildman–Crippen MR) is 63.9 cm³/mol. The number of nitrogens with one attached hydrogen (secondary N) is 2. The van der Waals surface area contributed by atoms with Crippen LogP contribution in [0.25, 0.3) is 5.65 Å². The van der Waals surface area contributed by atoms with Crippen molar-refractivity contribution in [2.75, 3.05) is 11.1 Å². The summed E-state index contributed by atoms with van der Waals surface area (Å²) in [7, 11) is -3.11. The number of H-pyrrole nitrogens is 1. The average Bonchev–Trinajstić information content (AvgIpc) is 2.84. The van der Waals surface area contributed by atoms with Gasteiger partial charge in [-0.15, -0.1) is 5.10 Å². The molecule has 1 aliphatic heterocycles. The quantitative estimate of drug-likeness (QED) is 0.732. The molecule has 94 valence electrons. The number of aromatic amines is 1. The fourth-order valence-corrected chi connectivity index (χ4v) is 2.97. The number of fused-ring (bicyclic) bond motifs is 1. The Morgan fingerprint density at radius 1 is 1.44 bits per heavy atom. The third-order valence-electron chi connectivity index (χ3n) is 2.54. The van der Waals surface area contributed by atoms with Crippen LogP contribution in [0.1, 0.15) is 0 Å². The number of rotatable bonds is 2. The fourth-order valence-electron chi connectivity index (χ4n) is 1.74. The highest BCUT2D eigenvalue weighted by molar-refractivity contribution is 7.94. The van der Waals surface area contributed by atoms with E-state index in [-0.39, 0.29) is 11.8 Å². The summed E-state index contributed by atoms with van der Waals surface area (Å²) in [6, 6.07) is 2.91. The van der Waals surface area contributed by atoms with Gasteiger partial charge in [-0.25, -0.2) is 18.3 Å². The van der Waals surface area contributed by atoms with Crippen LogP contribution in [-0.2, 0) is 9.84 Å². The maximum Gasteiger partial charge on any atom is 0.364 e. The summed E-state index contributed by atoms with van der Waals surface area (Å²) < 4.78 is 23.6. The van der Waals surface area contributed by atoms with Crippen LogP contribution in [0.15, 0.2) is 28.4 Å². The zero-order valence-corrected chi connectivity index (χ0v) is 9.88. The molecular formula is C9H9N5O3S. The Morgan fingerprint density at radius 3 is 3.00 bits per heavy atom. The van der Waals surface area contributed by atoms with Gasteiger partial charge in [-0.05, 0) is 18.2 Å². The summed E-state index contributed by atoms with van der Waals surface area (Å²) >= 11 is 0. The number of sulfone groups is 1. The molecule has 0 aromatic carbocycles. The highest BCUT2D eigenvalue weighted by Crippen LogP contribution is 2.13. The van der Waals surface area contributed by atoms with Crippen molar-refractivity contribution < 1.29 is 8.42 Å². The number of anilines is 1. The van der Waals surface area contributed by atoms with E-state index in [1.165, 1.54) is 5.41 Å². The zero-order chi connectivity index (χ0) is 12.8. The molecule has 2 aromatic heterocycles. The molecular weight excluding hydrogens is 258 g/mol. The standard InChI is InChI=1S/C9H9N5O3S/c15-9-12-11-8-2-1-7(13-14(8)9)10-6-3-4-18(16,17)5-6/h1-4,6H,5H2,(H,10,13)(H,12,15). The van der Waals surface area contributed by atoms with E-state index in [0.29, 0.717) is 11.5 Å². The van der Waals surface area contributed by atoms with Gasteiger partial charge in [0.25, 0.3) is 0 Å². The zero-order valence-electron chi connectivity index (χ0n) is 9.07. The van der Waals surface area contributed by atoms with E-state index in [0.717, 1.165) is 4.52 Å². The Balaban J connectivity index is 1.90. The molecule has 0 spiro atoms. The van der Waals surface area contributed by atoms with Crippen molar-refractivity contribution in [1.82, 2.24) is 19.8 Å². The van der Waals surface area contributed by atoms with E-state index in [9.17, 15) is 13.2 Å². The number of hydrogen-bond acceptors (Lipinski definition) is 6. The van der Waals surface area contributed by atoms with Gasteiger partial charge in [-0.3, -0.25) is 0 Å². The first-order valence-electron chi connectivity index (χ1n) is 5.15. The molecule has 0 aliphatic carbocycles. The molecule has 8 nitrogen and oxygen atoms in total. The molecule has 0 radical (unpaired) electrons. The molecule has 0 saturated heterocycles. The van der Waals surface area contributed by atoms with Crippen molar-refractivity contribution in [3.05, 3.63) is 34.1 Å². The van der Waals surface area contributed by atoms with Gasteiger partial charge in [0.05, 0.1) is 11.8 Å². The molecule has 9 heteroatoms. The van der Waals surface area contributed by atoms with Crippen molar-refractivity contribution in [2.45, 2.75) is 6.04 Å². The largest absolute Gasteiger partial charge is 0.364 e. The molecule has 1 atom stereocenters. The van der Waals surface area contributed by atoms with Crippen molar-refractivity contribution in [3.8, 4) is 0 Å². The summed E-state index contributed by atoms with van der Waals surface area (Å²) in [4.78, 5) is 11.3. The second-order valence-corrected chi connectivity index (χ2v) is 5.86. The number of nitrogens with zero attached hydrogens (tertiary/aromatic N) is 3. The smallest absolute Gasteiger partial charge is 0.361 e. The van der Waals surface area contributed by atoms with Gasteiger partial charge in [0.1, 0.15) is 5.82 Å². The highest BCUT2D eigenvalue weighted by Gasteiger charge is 2.21. The minimum absolute atomic E-state index is 0.00694. The molecule has 0 saturated carbocycles. The Labute approximate surface area is 101 Å². The van der Waals surface area contributed by atoms with Gasteiger partial charge in [0.2, 0.25) is 0 Å². The third kappa shape index (κ3) is 1.88. The monoisotopic (exact) mass is 267 g/mol. The Morgan fingerprint density at radius 2 is 2.28 bits per heavy atom. The van der Waals surface area contributed by atoms with Crippen LogP contribution in [0, 0.1) is 0 Å². The van der Waals surface area contributed by atoms with Crippen LogP contribution in [-0.4, -0.2) is 40.0 Å². The van der Waals surface area contributed by atoms with Crippen molar-refractivity contribution in [2.24, 2.45) is 0 Å². The Hall–Kier alpha value is -2.16. The van der Waals surface area contributed by atoms with E-state index >= 15 is 0 Å². The summed E-state index contributed by atoms with van der Waals surface area (Å²) in [5, 5.41) is 14.1. The van der Waals surface area contributed by atoms with E-state index in [2.05, 4.69) is 20.6 Å². The van der Waals surface area contributed by atoms with Gasteiger partial charge in [0.15, 0.2) is 15.5 Å². The first-order valence-corrected chi connectivity index (χ1v) is 6.87. The summed E-state index contributed by atoms with van der Waals surface area (Å²) in [5.41, 5.74) is -0.0385. The van der Waals surface area contributed by atoms with Gasteiger partial charge in [-0.1, -0.05) is 0 Å². The van der Waals surface area contributed by atoms with Crippen LogP contribution >= 0.6 is 0 Å². The molecule has 1 aliphatic rings. The Bertz CT molecular complexity index is 788. The topological polar surface area (TPSA) is 109 Å². The summed E-state index contributed by atoms with van der Waals surface area (Å²) in [6.07, 6.45) is 1.55. The lowest BCUT2D eigenvalue weighted by molar-refractivity contribution is 0.605. The van der Waals surface area contributed by atoms with Crippen LogP contribution in [0.5, 0.6) is 0 Å². The van der Waals surface area contributed by atoms with E-state index in [1.54, 1.807) is 18.2 Å². The van der Waals surface area contributed by atoms with Gasteiger partial charge in [-0.2, -0.15) is 9.61 Å². The molecule has 2 N–H and O–H groups in total. The van der Waals surface area contributed by atoms with Gasteiger partial charge >= 0.3 is 5.69 Å². The number of hydrogen-bond donors (Lipinski definition) is 2. The van der Waals surface area contributed by atoms with E-state index in [1.807, 2.05) is 0 Å². The molecule has 2 aromatic rings. The van der Waals surface area contributed by atoms with Crippen molar-refractivity contribution in [3.63, 3.8) is 0 Å². The molecule has 3 heterocycles. The maximum atomic E-state index is 11.3. The van der Waals surface area contributed by atoms with Gasteiger partial charge in [0, 0.05) is 5.41 Å². The molecule has 18 heavy (non-hydrogen) atoms. The van der Waals surface area contributed by atoms with Gasteiger partial charge < -0.3 is 5.32 Å². The molecule has 0 bridgehead atoms. The lowest BCUT2D eigenvalue weighted by Crippen LogP contribution is -2.23. The molecule has 0 amide bonds. The lowest BCUT2D eigenvalue weighted by atomic mass is 10.3. The molecule has 1 unspecified atom stereocenters. The van der Waals surface area contributed by atoms with E-state index in [4.69, 9.17) is 0 Å². The minimum Gasteiger partial charge on any atom is -0.361 e. The van der Waals surface area contributed by atoms with Crippen molar-refractivity contribution in [1.29, 1.82) is 0 Å². The Kier molecular flexibility index (Phi) is 2.23. The van der Waals surface area contributed by atoms with E-state index < -0.39 is 15.5 Å². The van der Waals surface area contributed by atoms with Crippen molar-refractivity contribution >= 4 is 21.3 Å². The predicted octanol–water partition coefficient (Wildman–Crippen LogP) is -0.860. The summed E-state index contributed by atoms with van der Waals surface area (Å²) in [5.74, 6) is 0.408. The van der Waals surface area contributed by atoms with Crippen LogP contribution < -0.4 is 11.0 Å². The normalized spacial score (nSPS) is 21.4. The maximum absolute atomic E-state index is 11.3. The second-order valence-electron chi connectivity index (χ2n) is 3.93. The third-order valence-corrected chi connectivity index (χ3v) is 3.93. The summed E-state index contributed by atoms with van der Waals surface area (Å²) in [6.45, 7) is 0. The fraction of sp³-hybridized carbons (Fsp3) is 0.222. The second kappa shape index (κ2) is 3.67. The van der Waals surface area contributed by atoms with Crippen LogP contribution in [0.3, 0.4) is 0 Å². The minimum atomic E-state index is -3.11. The first-order chi connectivity index (χ1) is 8.53. The first kappa shape index (κ1) is 11.0. The van der Waals surface area contributed by atoms with Crippen LogP contribution in [0.4, 0.5) is 5.82 Å².